The van der Waals surface area contributed by atoms with Gasteiger partial charge in [-0.25, -0.2) is 0 Å². The van der Waals surface area contributed by atoms with Crippen LogP contribution >= 0.6 is 0 Å². The van der Waals surface area contributed by atoms with Crippen LogP contribution in [0.3, 0.4) is 0 Å². The third-order valence-electron chi connectivity index (χ3n) is 0.827. The average Bonchev–Trinajstić information content (AvgIpc) is 2.44. The average molecular weight is 199 g/mol. The number of nitrogens with zero attached hydrogens (tertiary/aromatic N) is 1. The van der Waals surface area contributed by atoms with E-state index in [-0.39, 0.29) is 51.4 Å². The summed E-state index contributed by atoms with van der Waals surface area (Å²) in [4.78, 5) is 1.75. The van der Waals surface area contributed by atoms with Crippen LogP contribution in [0.15, 0.2) is 0 Å². The van der Waals surface area contributed by atoms with Gasteiger partial charge in [0.05, 0.1) is 0 Å². The van der Waals surface area contributed by atoms with Crippen molar-refractivity contribution in [2.75, 3.05) is 27.3 Å². The van der Waals surface area contributed by atoms with Crippen LogP contribution < -0.4 is 51.4 Å². The molecule has 0 aromatic rings. The molecule has 0 unspecified atom stereocenters. The Labute approximate surface area is 120 Å². The van der Waals surface area contributed by atoms with Gasteiger partial charge in [-0.2, -0.15) is 0 Å². The summed E-state index contributed by atoms with van der Waals surface area (Å²) in [5.74, 6) is 0. The van der Waals surface area contributed by atoms with Crippen LogP contribution in [-0.2, 0) is 4.74 Å². The van der Waals surface area contributed by atoms with Crippen molar-refractivity contribution in [3.63, 3.8) is 0 Å². The van der Waals surface area contributed by atoms with E-state index < -0.39 is 0 Å². The first-order chi connectivity index (χ1) is 5.23. The predicted molar refractivity (Wildman–Crippen MR) is 50.4 cm³/mol. The van der Waals surface area contributed by atoms with E-state index in [0.717, 1.165) is 13.2 Å². The minimum Gasteiger partial charge on any atom is -0.464 e. The summed E-state index contributed by atoms with van der Waals surface area (Å²) in [6.45, 7) is 6.00. The van der Waals surface area contributed by atoms with Crippen molar-refractivity contribution in [3.05, 3.63) is 7.05 Å². The fourth-order valence-corrected chi connectivity index (χ4v) is 0.510. The molecule has 0 aliphatic carbocycles. The molecule has 12 heavy (non-hydrogen) atoms. The van der Waals surface area contributed by atoms with Crippen molar-refractivity contribution in [1.82, 2.24) is 4.90 Å². The SMILES string of the molecule is C1CCOC1.CC.[CH2-]N(C)C.[K+]. The molecular formula is C9H22KNO. The molecule has 1 fully saturated rings. The molecule has 1 rings (SSSR count). The zero-order chi connectivity index (χ0) is 9.11. The summed E-state index contributed by atoms with van der Waals surface area (Å²) in [6, 6.07) is 0. The minimum absolute atomic E-state index is 0. The molecule has 1 saturated heterocycles. The molecule has 2 nitrogen and oxygen atoms in total. The van der Waals surface area contributed by atoms with Gasteiger partial charge in [0.25, 0.3) is 0 Å². The maximum Gasteiger partial charge on any atom is 1.00 e. The van der Waals surface area contributed by atoms with Crippen molar-refractivity contribution >= 4 is 0 Å². The zero-order valence-electron chi connectivity index (χ0n) is 9.39. The van der Waals surface area contributed by atoms with Gasteiger partial charge in [-0.3, -0.25) is 7.05 Å². The Morgan fingerprint density at radius 1 is 1.08 bits per heavy atom. The molecular weight excluding hydrogens is 177 g/mol. The second-order valence-electron chi connectivity index (χ2n) is 2.40. The summed E-state index contributed by atoms with van der Waals surface area (Å²) in [7, 11) is 7.25. The molecule has 1 aliphatic heterocycles. The Morgan fingerprint density at radius 3 is 1.42 bits per heavy atom. The number of hydrogen-bond acceptors (Lipinski definition) is 2. The molecule has 1 aliphatic rings. The van der Waals surface area contributed by atoms with Crippen molar-refractivity contribution < 1.29 is 56.1 Å². The van der Waals surface area contributed by atoms with E-state index in [4.69, 9.17) is 4.74 Å². The second-order valence-corrected chi connectivity index (χ2v) is 2.40. The normalized spacial score (nSPS) is 13.5. The molecule has 0 N–H and O–H groups in total. The molecule has 0 atom stereocenters. The van der Waals surface area contributed by atoms with Crippen molar-refractivity contribution in [3.8, 4) is 0 Å². The van der Waals surface area contributed by atoms with Gasteiger partial charge in [-0.1, -0.05) is 13.8 Å². The molecule has 3 heteroatoms. The minimum atomic E-state index is 0. The van der Waals surface area contributed by atoms with Gasteiger partial charge in [0.15, 0.2) is 0 Å². The Balaban J connectivity index is -0.000000107. The van der Waals surface area contributed by atoms with E-state index in [1.165, 1.54) is 12.8 Å². The van der Waals surface area contributed by atoms with Crippen LogP contribution in [0.1, 0.15) is 26.7 Å². The summed E-state index contributed by atoms with van der Waals surface area (Å²) in [5, 5.41) is 0. The summed E-state index contributed by atoms with van der Waals surface area (Å²) >= 11 is 0. The van der Waals surface area contributed by atoms with Gasteiger partial charge in [0, 0.05) is 13.2 Å². The van der Waals surface area contributed by atoms with E-state index >= 15 is 0 Å². The molecule has 0 amide bonds. The van der Waals surface area contributed by atoms with Crippen LogP contribution in [0.5, 0.6) is 0 Å². The first-order valence-electron chi connectivity index (χ1n) is 4.29. The molecule has 70 valence electrons. The molecule has 0 aromatic carbocycles. The van der Waals surface area contributed by atoms with Crippen molar-refractivity contribution in [2.45, 2.75) is 26.7 Å². The van der Waals surface area contributed by atoms with Crippen LogP contribution in [0, 0.1) is 7.05 Å². The Bertz CT molecular complexity index is 46.1. The fraction of sp³-hybridized carbons (Fsp3) is 0.889. The van der Waals surface area contributed by atoms with E-state index in [0.29, 0.717) is 0 Å². The van der Waals surface area contributed by atoms with Gasteiger partial charge in [-0.05, 0) is 26.9 Å². The molecule has 0 saturated carbocycles. The molecule has 0 spiro atoms. The van der Waals surface area contributed by atoms with E-state index in [2.05, 4.69) is 7.05 Å². The van der Waals surface area contributed by atoms with Crippen LogP contribution in [-0.4, -0.2) is 32.2 Å². The quantitative estimate of drug-likeness (QED) is 0.373. The van der Waals surface area contributed by atoms with Gasteiger partial charge in [0.2, 0.25) is 0 Å². The smallest absolute Gasteiger partial charge is 0.464 e. The number of hydrogen-bond donors (Lipinski definition) is 0. The van der Waals surface area contributed by atoms with Gasteiger partial charge >= 0.3 is 51.4 Å². The van der Waals surface area contributed by atoms with Crippen molar-refractivity contribution in [1.29, 1.82) is 0 Å². The third-order valence-corrected chi connectivity index (χ3v) is 0.827. The predicted octanol–water partition coefficient (Wildman–Crippen LogP) is -0.833. The first kappa shape index (κ1) is 19.2. The molecule has 1 heterocycles. The maximum atomic E-state index is 4.94. The monoisotopic (exact) mass is 199 g/mol. The third kappa shape index (κ3) is 30.0. The Kier molecular flexibility index (Phi) is 29.3. The van der Waals surface area contributed by atoms with Gasteiger partial charge < -0.3 is 9.64 Å². The van der Waals surface area contributed by atoms with Crippen LogP contribution in [0.25, 0.3) is 0 Å². The summed E-state index contributed by atoms with van der Waals surface area (Å²) < 4.78 is 4.94. The van der Waals surface area contributed by atoms with Crippen molar-refractivity contribution in [2.24, 2.45) is 0 Å². The number of rotatable bonds is 0. The van der Waals surface area contributed by atoms with E-state index in [1.54, 1.807) is 4.90 Å². The van der Waals surface area contributed by atoms with Gasteiger partial charge in [-0.15, -0.1) is 0 Å². The number of ether oxygens (including phenoxy) is 1. The Morgan fingerprint density at radius 2 is 1.33 bits per heavy atom. The van der Waals surface area contributed by atoms with Crippen LogP contribution in [0.4, 0.5) is 0 Å². The Hall–Kier alpha value is 1.56. The van der Waals surface area contributed by atoms with E-state index in [1.807, 2.05) is 27.9 Å². The molecule has 0 radical (unpaired) electrons. The molecule has 0 aromatic heterocycles. The summed E-state index contributed by atoms with van der Waals surface area (Å²) in [5.41, 5.74) is 0. The van der Waals surface area contributed by atoms with E-state index in [9.17, 15) is 0 Å². The first-order valence-corrected chi connectivity index (χ1v) is 4.29. The standard InChI is InChI=1S/C4H8O.C3H8N.C2H6.K/c1-2-4-5-3-1;1-4(2)3;1-2;/h1-4H2;1H2,2-3H3;1-2H3;/q;-1;;+1. The topological polar surface area (TPSA) is 12.5 Å². The summed E-state index contributed by atoms with van der Waals surface area (Å²) in [6.07, 6.45) is 2.56. The van der Waals surface area contributed by atoms with Gasteiger partial charge in [0.1, 0.15) is 0 Å². The fourth-order valence-electron chi connectivity index (χ4n) is 0.510. The molecule has 0 bridgehead atoms. The van der Waals surface area contributed by atoms with Crippen LogP contribution in [0.2, 0.25) is 0 Å². The zero-order valence-corrected chi connectivity index (χ0v) is 12.5. The second kappa shape index (κ2) is 18.4. The maximum absolute atomic E-state index is 4.94. The largest absolute Gasteiger partial charge is 1.00 e.